The molecule has 3 heteroatoms. The van der Waals surface area contributed by atoms with E-state index in [1.807, 2.05) is 0 Å². The molecule has 0 spiro atoms. The molecule has 0 aliphatic heterocycles. The first-order chi connectivity index (χ1) is 9.31. The van der Waals surface area contributed by atoms with Gasteiger partial charge in [-0.15, -0.1) is 0 Å². The smallest absolute Gasteiger partial charge is 0.241 e. The van der Waals surface area contributed by atoms with E-state index in [-0.39, 0.29) is 0 Å². The van der Waals surface area contributed by atoms with Crippen LogP contribution < -0.4 is 0 Å². The molecule has 0 N–H and O–H groups in total. The maximum Gasteiger partial charge on any atom is 0.241 e. The summed E-state index contributed by atoms with van der Waals surface area (Å²) >= 11 is 0. The number of allylic oxidation sites excluding steroid dienone is 2. The summed E-state index contributed by atoms with van der Waals surface area (Å²) in [6.45, 7) is 26.2. The summed E-state index contributed by atoms with van der Waals surface area (Å²) in [5, 5.41) is 0.407. The summed E-state index contributed by atoms with van der Waals surface area (Å²) < 4.78 is 6.50. The van der Waals surface area contributed by atoms with Gasteiger partial charge in [-0.1, -0.05) is 60.2 Å². The van der Waals surface area contributed by atoms with Crippen LogP contribution in [0.4, 0.5) is 0 Å². The van der Waals surface area contributed by atoms with Gasteiger partial charge in [0.1, 0.15) is 0 Å². The van der Waals surface area contributed by atoms with Gasteiger partial charge in [0.15, 0.2) is 0 Å². The lowest BCUT2D eigenvalue weighted by Crippen LogP contribution is -2.48. The molecule has 0 heterocycles. The van der Waals surface area contributed by atoms with Gasteiger partial charge in [0.05, 0.1) is 13.8 Å². The zero-order chi connectivity index (χ0) is 17.1. The fraction of sp³-hybridized carbons (Fsp3) is 0.889. The molecule has 126 valence electrons. The van der Waals surface area contributed by atoms with Gasteiger partial charge in [0.25, 0.3) is 0 Å². The number of hydrogen-bond acceptors (Lipinski definition) is 1. The molecule has 0 aliphatic rings. The average Bonchev–Trinajstić information content (AvgIpc) is 2.31. The lowest BCUT2D eigenvalue weighted by Gasteiger charge is -2.49. The van der Waals surface area contributed by atoms with Crippen molar-refractivity contribution in [3.63, 3.8) is 0 Å². The van der Waals surface area contributed by atoms with Crippen molar-refractivity contribution in [2.24, 2.45) is 5.92 Å². The van der Waals surface area contributed by atoms with E-state index in [1.54, 1.807) is 0 Å². The van der Waals surface area contributed by atoms with E-state index in [0.29, 0.717) is 16.5 Å². The average molecular weight is 329 g/mol. The zero-order valence-electron chi connectivity index (χ0n) is 16.6. The second kappa shape index (κ2) is 7.50. The Bertz CT molecular complexity index is 349. The summed E-state index contributed by atoms with van der Waals surface area (Å²) in [4.78, 5) is 0. The van der Waals surface area contributed by atoms with Gasteiger partial charge in [-0.25, -0.2) is 0 Å². The molecule has 0 fully saturated rings. The van der Waals surface area contributed by atoms with Crippen LogP contribution >= 0.6 is 0 Å². The Labute approximate surface area is 136 Å². The third-order valence-corrected chi connectivity index (χ3v) is 12.7. The lowest BCUT2D eigenvalue weighted by atomic mass is 9.99. The van der Waals surface area contributed by atoms with Crippen LogP contribution in [-0.4, -0.2) is 16.4 Å². The van der Waals surface area contributed by atoms with Crippen LogP contribution in [0.5, 0.6) is 0 Å². The third kappa shape index (κ3) is 5.28. The van der Waals surface area contributed by atoms with Crippen LogP contribution in [0, 0.1) is 5.92 Å². The Balaban J connectivity index is 5.66. The maximum absolute atomic E-state index is 6.50. The second-order valence-corrected chi connectivity index (χ2v) is 18.7. The minimum absolute atomic E-state index is 0.407. The topological polar surface area (TPSA) is 9.23 Å². The van der Waals surface area contributed by atoms with Crippen LogP contribution in [0.25, 0.3) is 0 Å². The van der Waals surface area contributed by atoms with Crippen LogP contribution in [-0.2, 0) is 4.43 Å². The SMILES string of the molecule is C/C=C(\O[Si](C)(C)C)C(CCC)[Si](C)(C)C(C)(C)C(C)C. The Morgan fingerprint density at radius 3 is 1.86 bits per heavy atom. The van der Waals surface area contributed by atoms with Crippen LogP contribution in [0.3, 0.4) is 0 Å². The summed E-state index contributed by atoms with van der Waals surface area (Å²) in [7, 11) is -3.04. The molecule has 0 aliphatic carbocycles. The second-order valence-electron chi connectivity index (χ2n) is 8.84. The minimum atomic E-state index is -1.54. The Morgan fingerprint density at radius 2 is 1.57 bits per heavy atom. The van der Waals surface area contributed by atoms with Crippen molar-refractivity contribution in [2.45, 2.75) is 97.7 Å². The summed E-state index contributed by atoms with van der Waals surface area (Å²) in [5.41, 5.74) is 0.636. The van der Waals surface area contributed by atoms with Gasteiger partial charge >= 0.3 is 0 Å². The van der Waals surface area contributed by atoms with Crippen molar-refractivity contribution in [1.29, 1.82) is 0 Å². The molecular weight excluding hydrogens is 288 g/mol. The molecule has 0 amide bonds. The van der Waals surface area contributed by atoms with E-state index < -0.39 is 16.4 Å². The Kier molecular flexibility index (Phi) is 7.49. The molecule has 1 unspecified atom stereocenters. The zero-order valence-corrected chi connectivity index (χ0v) is 18.6. The van der Waals surface area contributed by atoms with Crippen molar-refractivity contribution in [3.05, 3.63) is 11.8 Å². The minimum Gasteiger partial charge on any atom is -0.548 e. The van der Waals surface area contributed by atoms with E-state index in [4.69, 9.17) is 4.43 Å². The molecule has 0 rings (SSSR count). The first-order valence-corrected chi connectivity index (χ1v) is 15.1. The van der Waals surface area contributed by atoms with Crippen molar-refractivity contribution in [1.82, 2.24) is 0 Å². The number of hydrogen-bond donors (Lipinski definition) is 0. The Hall–Kier alpha value is -0.0262. The van der Waals surface area contributed by atoms with Gasteiger partial charge in [-0.2, -0.15) is 0 Å². The highest BCUT2D eigenvalue weighted by molar-refractivity contribution is 6.82. The summed E-state index contributed by atoms with van der Waals surface area (Å²) in [5.74, 6) is 2.00. The van der Waals surface area contributed by atoms with Gasteiger partial charge < -0.3 is 4.43 Å². The molecule has 0 bridgehead atoms. The van der Waals surface area contributed by atoms with Crippen LogP contribution in [0.1, 0.15) is 54.4 Å². The molecule has 0 aromatic carbocycles. The fourth-order valence-corrected chi connectivity index (χ4v) is 8.44. The Morgan fingerprint density at radius 1 is 1.10 bits per heavy atom. The van der Waals surface area contributed by atoms with Gasteiger partial charge in [-0.05, 0) is 43.9 Å². The van der Waals surface area contributed by atoms with Crippen LogP contribution in [0.2, 0.25) is 43.3 Å². The van der Waals surface area contributed by atoms with Crippen LogP contribution in [0.15, 0.2) is 11.8 Å². The molecule has 1 nitrogen and oxygen atoms in total. The van der Waals surface area contributed by atoms with E-state index in [1.165, 1.54) is 18.6 Å². The van der Waals surface area contributed by atoms with Gasteiger partial charge in [0.2, 0.25) is 8.32 Å². The first-order valence-electron chi connectivity index (χ1n) is 8.66. The monoisotopic (exact) mass is 328 g/mol. The summed E-state index contributed by atoms with van der Waals surface area (Å²) in [6.07, 6.45) is 4.75. The molecule has 1 atom stereocenters. The molecule has 0 saturated heterocycles. The van der Waals surface area contributed by atoms with E-state index in [9.17, 15) is 0 Å². The molecule has 0 aromatic rings. The molecule has 0 aromatic heterocycles. The third-order valence-electron chi connectivity index (χ3n) is 5.60. The molecule has 21 heavy (non-hydrogen) atoms. The van der Waals surface area contributed by atoms with Gasteiger partial charge in [-0.3, -0.25) is 0 Å². The van der Waals surface area contributed by atoms with Gasteiger partial charge in [0, 0.05) is 5.54 Å². The largest absolute Gasteiger partial charge is 0.548 e. The van der Waals surface area contributed by atoms with Crippen molar-refractivity contribution < 1.29 is 4.43 Å². The standard InChI is InChI=1S/C18H40OSi2/c1-12-14-17(16(13-2)19-20(7,8)9)21(10,11)18(5,6)15(3)4/h13,15,17H,12,14H2,1-11H3/b16-13-. The fourth-order valence-electron chi connectivity index (χ4n) is 3.03. The lowest BCUT2D eigenvalue weighted by molar-refractivity contribution is 0.376. The number of rotatable bonds is 8. The van der Waals surface area contributed by atoms with E-state index >= 15 is 0 Å². The van der Waals surface area contributed by atoms with E-state index in [0.717, 1.165) is 0 Å². The predicted molar refractivity (Wildman–Crippen MR) is 103 cm³/mol. The molecular formula is C18H40OSi2. The predicted octanol–water partition coefficient (Wildman–Crippen LogP) is 7.06. The molecule has 0 radical (unpaired) electrons. The highest BCUT2D eigenvalue weighted by atomic mass is 28.4. The molecule has 0 saturated carbocycles. The van der Waals surface area contributed by atoms with E-state index in [2.05, 4.69) is 80.4 Å². The van der Waals surface area contributed by atoms with Crippen molar-refractivity contribution in [3.8, 4) is 0 Å². The quantitative estimate of drug-likeness (QED) is 0.342. The maximum atomic E-state index is 6.50. The van der Waals surface area contributed by atoms with Crippen molar-refractivity contribution >= 4 is 16.4 Å². The summed E-state index contributed by atoms with van der Waals surface area (Å²) in [6, 6.07) is 0. The highest BCUT2D eigenvalue weighted by Crippen LogP contribution is 2.53. The normalized spacial score (nSPS) is 16.3. The van der Waals surface area contributed by atoms with Crippen molar-refractivity contribution in [2.75, 3.05) is 0 Å². The first kappa shape index (κ1) is 21.0. The highest BCUT2D eigenvalue weighted by Gasteiger charge is 2.48.